The molecule has 0 N–H and O–H groups in total. The van der Waals surface area contributed by atoms with Gasteiger partial charge in [0.25, 0.3) is 0 Å². The molecule has 2 aromatic heterocycles. The highest BCUT2D eigenvalue weighted by Gasteiger charge is 2.18. The van der Waals surface area contributed by atoms with E-state index >= 15 is 0 Å². The molecule has 0 fully saturated rings. The van der Waals surface area contributed by atoms with Crippen molar-refractivity contribution in [2.45, 2.75) is 12.3 Å². The van der Waals surface area contributed by atoms with E-state index in [2.05, 4.69) is 241 Å². The van der Waals surface area contributed by atoms with Gasteiger partial charge < -0.3 is 13.9 Å². The molecule has 8 aromatic carbocycles. The van der Waals surface area contributed by atoms with E-state index in [0.717, 1.165) is 56.6 Å². The minimum absolute atomic E-state index is 0.246. The molecule has 10 aromatic rings. The van der Waals surface area contributed by atoms with Gasteiger partial charge in [0.15, 0.2) is 0 Å². The van der Waals surface area contributed by atoms with Crippen molar-refractivity contribution in [3.05, 3.63) is 252 Å². The summed E-state index contributed by atoms with van der Waals surface area (Å²) >= 11 is 0. The topological polar surface area (TPSA) is 21.3 Å². The van der Waals surface area contributed by atoms with Gasteiger partial charge in [-0.15, -0.1) is 0 Å². The summed E-state index contributed by atoms with van der Waals surface area (Å²) in [4.78, 5) is 2.26. The zero-order chi connectivity index (χ0) is 42.1. The van der Waals surface area contributed by atoms with Gasteiger partial charge >= 0.3 is 0 Å². The lowest BCUT2D eigenvalue weighted by atomic mass is 9.91. The highest BCUT2D eigenvalue weighted by atomic mass is 16.3. The standard InChI is InChI=1S/C60H44N2O/c1-2-49(19-13-16-42-14-5-3-6-15-42)61(50-32-24-44(25-33-50)43-17-7-4-8-18-43)51-34-26-45(27-35-51)47-30-38-59-55(40-47)56-41-48(31-39-60(56)63-59)46-28-36-52(37-29-46)62-57-22-11-9-20-53(57)54-21-10-12-23-58(54)62/h2-30,32-41,48H,1,31H2/b16-13+,49-19+. The maximum absolute atomic E-state index is 6.43. The smallest absolute Gasteiger partial charge is 0.135 e. The molecule has 3 heteroatoms. The van der Waals surface area contributed by atoms with E-state index in [1.807, 2.05) is 12.1 Å². The van der Waals surface area contributed by atoms with E-state index in [1.165, 1.54) is 49.4 Å². The van der Waals surface area contributed by atoms with Gasteiger partial charge in [-0.2, -0.15) is 0 Å². The lowest BCUT2D eigenvalue weighted by molar-refractivity contribution is 0.570. The highest BCUT2D eigenvalue weighted by Crippen LogP contribution is 2.36. The molecule has 11 rings (SSSR count). The van der Waals surface area contributed by atoms with E-state index in [0.29, 0.717) is 0 Å². The Balaban J connectivity index is 0.905. The summed E-state index contributed by atoms with van der Waals surface area (Å²) in [5, 5.41) is 4.85. The molecule has 3 nitrogen and oxygen atoms in total. The van der Waals surface area contributed by atoms with E-state index in [1.54, 1.807) is 0 Å². The minimum Gasteiger partial charge on any atom is -0.456 e. The largest absolute Gasteiger partial charge is 0.456 e. The normalized spacial score (nSPS) is 13.8. The third-order valence-electron chi connectivity index (χ3n) is 12.4. The Kier molecular flexibility index (Phi) is 9.83. The van der Waals surface area contributed by atoms with E-state index in [9.17, 15) is 0 Å². The molecule has 0 saturated carbocycles. The van der Waals surface area contributed by atoms with Crippen LogP contribution in [0.1, 0.15) is 23.5 Å². The van der Waals surface area contributed by atoms with Crippen molar-refractivity contribution in [2.24, 2.45) is 0 Å². The second-order valence-corrected chi connectivity index (χ2v) is 16.1. The second-order valence-electron chi connectivity index (χ2n) is 16.1. The van der Waals surface area contributed by atoms with Gasteiger partial charge in [0, 0.05) is 50.1 Å². The number of hydrogen-bond donors (Lipinski definition) is 0. The van der Waals surface area contributed by atoms with Gasteiger partial charge in [-0.25, -0.2) is 0 Å². The Morgan fingerprint density at radius 2 is 1.14 bits per heavy atom. The van der Waals surface area contributed by atoms with Crippen LogP contribution in [-0.4, -0.2) is 4.57 Å². The van der Waals surface area contributed by atoms with E-state index in [-0.39, 0.29) is 5.92 Å². The van der Waals surface area contributed by atoms with Crippen LogP contribution in [-0.2, 0) is 0 Å². The predicted molar refractivity (Wildman–Crippen MR) is 266 cm³/mol. The number of para-hydroxylation sites is 2. The van der Waals surface area contributed by atoms with Crippen LogP contribution in [0.2, 0.25) is 0 Å². The summed E-state index contributed by atoms with van der Waals surface area (Å²) in [5.41, 5.74) is 15.6. The number of furan rings is 1. The maximum atomic E-state index is 6.43. The maximum Gasteiger partial charge on any atom is 0.135 e. The zero-order valence-electron chi connectivity index (χ0n) is 34.8. The number of anilines is 2. The number of benzene rings is 8. The van der Waals surface area contributed by atoms with Gasteiger partial charge in [-0.3, -0.25) is 0 Å². The molecule has 0 spiro atoms. The molecule has 63 heavy (non-hydrogen) atoms. The summed E-state index contributed by atoms with van der Waals surface area (Å²) in [6.07, 6.45) is 13.8. The molecular formula is C60H44N2O. The van der Waals surface area contributed by atoms with Crippen molar-refractivity contribution >= 4 is 62.4 Å². The molecule has 1 unspecified atom stereocenters. The average molecular weight is 809 g/mol. The number of allylic oxidation sites excluding steroid dienone is 3. The first-order chi connectivity index (χ1) is 31.2. The zero-order valence-corrected chi connectivity index (χ0v) is 34.8. The van der Waals surface area contributed by atoms with Crippen molar-refractivity contribution in [1.82, 2.24) is 4.57 Å². The number of rotatable bonds is 10. The summed E-state index contributed by atoms with van der Waals surface area (Å²) in [6, 6.07) is 71.5. The fourth-order valence-corrected chi connectivity index (χ4v) is 9.19. The van der Waals surface area contributed by atoms with Gasteiger partial charge in [0.05, 0.1) is 11.0 Å². The van der Waals surface area contributed by atoms with Gasteiger partial charge in [-0.1, -0.05) is 164 Å². The molecule has 1 aliphatic rings. The van der Waals surface area contributed by atoms with Crippen LogP contribution in [0.15, 0.2) is 235 Å². The Labute approximate surface area is 367 Å². The molecular weight excluding hydrogens is 765 g/mol. The molecule has 0 bridgehead atoms. The average Bonchev–Trinajstić information content (AvgIpc) is 3.90. The molecule has 0 aliphatic heterocycles. The molecule has 1 aliphatic carbocycles. The Bertz CT molecular complexity index is 3410. The summed E-state index contributed by atoms with van der Waals surface area (Å²) in [6.45, 7) is 4.25. The van der Waals surface area contributed by atoms with E-state index < -0.39 is 0 Å². The molecule has 1 atom stereocenters. The van der Waals surface area contributed by atoms with Crippen LogP contribution in [0.25, 0.3) is 78.9 Å². The fraction of sp³-hybridized carbons (Fsp3) is 0.0333. The summed E-state index contributed by atoms with van der Waals surface area (Å²) in [5.74, 6) is 0.246. The lowest BCUT2D eigenvalue weighted by Crippen LogP contribution is -2.25. The Morgan fingerprint density at radius 3 is 1.79 bits per heavy atom. The lowest BCUT2D eigenvalue weighted by Gasteiger charge is -2.26. The van der Waals surface area contributed by atoms with Gasteiger partial charge in [-0.05, 0) is 119 Å². The highest BCUT2D eigenvalue weighted by molar-refractivity contribution is 6.09. The quantitative estimate of drug-likeness (QED) is 0.128. The molecule has 2 heterocycles. The molecule has 0 amide bonds. The van der Waals surface area contributed by atoms with Crippen LogP contribution in [0.4, 0.5) is 11.4 Å². The molecule has 300 valence electrons. The minimum atomic E-state index is 0.246. The molecule has 0 radical (unpaired) electrons. The SMILES string of the molecule is C=C/C(=C\C=C\c1ccccc1)N(c1ccc(-c2ccccc2)cc1)c1ccc(-c2ccc3oc4c(c3c2)=CC(c2ccc(-n3c5ccccc5c5ccccc53)cc2)CC=4)cc1. The number of nitrogens with zero attached hydrogens (tertiary/aromatic N) is 2. The van der Waals surface area contributed by atoms with Crippen molar-refractivity contribution < 1.29 is 4.42 Å². The summed E-state index contributed by atoms with van der Waals surface area (Å²) in [7, 11) is 0. The van der Waals surface area contributed by atoms with Crippen molar-refractivity contribution in [3.8, 4) is 27.9 Å². The van der Waals surface area contributed by atoms with Crippen molar-refractivity contribution in [1.29, 1.82) is 0 Å². The first-order valence-corrected chi connectivity index (χ1v) is 21.6. The Morgan fingerprint density at radius 1 is 0.571 bits per heavy atom. The monoisotopic (exact) mass is 808 g/mol. The van der Waals surface area contributed by atoms with Crippen LogP contribution in [0, 0.1) is 0 Å². The first-order valence-electron chi connectivity index (χ1n) is 21.6. The van der Waals surface area contributed by atoms with Crippen LogP contribution in [0.5, 0.6) is 0 Å². The fourth-order valence-electron chi connectivity index (χ4n) is 9.19. The second kappa shape index (κ2) is 16.4. The molecule has 0 saturated heterocycles. The van der Waals surface area contributed by atoms with Crippen LogP contribution in [0.3, 0.4) is 0 Å². The summed E-state index contributed by atoms with van der Waals surface area (Å²) < 4.78 is 8.81. The number of hydrogen-bond acceptors (Lipinski definition) is 2. The number of fused-ring (bicyclic) bond motifs is 6. The van der Waals surface area contributed by atoms with Crippen LogP contribution >= 0.6 is 0 Å². The third kappa shape index (κ3) is 7.20. The van der Waals surface area contributed by atoms with Crippen molar-refractivity contribution in [3.63, 3.8) is 0 Å². The van der Waals surface area contributed by atoms with Gasteiger partial charge in [0.2, 0.25) is 0 Å². The predicted octanol–water partition coefficient (Wildman–Crippen LogP) is 14.5. The van der Waals surface area contributed by atoms with Crippen molar-refractivity contribution in [2.75, 3.05) is 4.90 Å². The Hall–Kier alpha value is -8.14. The van der Waals surface area contributed by atoms with Gasteiger partial charge in [0.1, 0.15) is 11.0 Å². The third-order valence-corrected chi connectivity index (χ3v) is 12.4. The van der Waals surface area contributed by atoms with E-state index in [4.69, 9.17) is 4.42 Å². The first kappa shape index (κ1) is 37.8. The number of aromatic nitrogens is 1. The van der Waals surface area contributed by atoms with Crippen LogP contribution < -0.4 is 15.5 Å².